The van der Waals surface area contributed by atoms with Crippen LogP contribution in [0.2, 0.25) is 5.02 Å². The van der Waals surface area contributed by atoms with Crippen LogP contribution >= 0.6 is 11.6 Å². The number of hydrogen-bond acceptors (Lipinski definition) is 5. The number of rotatable bonds is 5. The van der Waals surface area contributed by atoms with Gasteiger partial charge >= 0.3 is 0 Å². The van der Waals surface area contributed by atoms with Gasteiger partial charge in [-0.25, -0.2) is 0 Å². The summed E-state index contributed by atoms with van der Waals surface area (Å²) in [5.74, 6) is 1.73. The van der Waals surface area contributed by atoms with Crippen LogP contribution in [-0.2, 0) is 6.42 Å². The maximum atomic E-state index is 5.96. The van der Waals surface area contributed by atoms with E-state index in [1.807, 2.05) is 7.05 Å². The molecule has 0 amide bonds. The molecular formula is C12H14ClN3O2. The van der Waals surface area contributed by atoms with Crippen LogP contribution in [0.1, 0.15) is 5.82 Å². The van der Waals surface area contributed by atoms with Crippen molar-refractivity contribution in [3.8, 4) is 17.2 Å². The first-order valence-electron chi connectivity index (χ1n) is 5.55. The predicted molar refractivity (Wildman–Crippen MR) is 68.9 cm³/mol. The number of likely N-dealkylation sites (N-methyl/N-ethyl adjacent to an activating group) is 1. The van der Waals surface area contributed by atoms with E-state index in [1.54, 1.807) is 25.3 Å². The molecule has 5 nitrogen and oxygen atoms in total. The van der Waals surface area contributed by atoms with E-state index >= 15 is 0 Å². The number of ether oxygens (including phenoxy) is 1. The van der Waals surface area contributed by atoms with E-state index in [1.165, 1.54) is 0 Å². The molecule has 0 unspecified atom stereocenters. The number of hydrogen-bond donors (Lipinski definition) is 1. The average Bonchev–Trinajstić information content (AvgIpc) is 2.85. The second kappa shape index (κ2) is 5.84. The van der Waals surface area contributed by atoms with E-state index in [2.05, 4.69) is 15.5 Å². The summed E-state index contributed by atoms with van der Waals surface area (Å²) in [5, 5.41) is 7.54. The third-order valence-electron chi connectivity index (χ3n) is 2.46. The monoisotopic (exact) mass is 267 g/mol. The third-order valence-corrected chi connectivity index (χ3v) is 2.69. The molecule has 0 spiro atoms. The fraction of sp³-hybridized carbons (Fsp3) is 0.333. The van der Waals surface area contributed by atoms with Crippen molar-refractivity contribution in [2.24, 2.45) is 0 Å². The smallest absolute Gasteiger partial charge is 0.261 e. The van der Waals surface area contributed by atoms with Crippen molar-refractivity contribution in [3.63, 3.8) is 0 Å². The van der Waals surface area contributed by atoms with E-state index in [0.29, 0.717) is 34.5 Å². The maximum Gasteiger partial charge on any atom is 0.261 e. The van der Waals surface area contributed by atoms with Crippen LogP contribution < -0.4 is 10.1 Å². The molecule has 0 bridgehead atoms. The molecule has 0 atom stereocenters. The van der Waals surface area contributed by atoms with E-state index in [4.69, 9.17) is 20.9 Å². The van der Waals surface area contributed by atoms with Gasteiger partial charge in [-0.1, -0.05) is 16.8 Å². The second-order valence-corrected chi connectivity index (χ2v) is 4.15. The Kier molecular flexibility index (Phi) is 4.17. The first kappa shape index (κ1) is 12.9. The molecule has 96 valence electrons. The quantitative estimate of drug-likeness (QED) is 0.900. The van der Waals surface area contributed by atoms with E-state index in [0.717, 1.165) is 6.54 Å². The lowest BCUT2D eigenvalue weighted by Gasteiger charge is -2.04. The molecule has 1 aromatic carbocycles. The fourth-order valence-corrected chi connectivity index (χ4v) is 1.72. The summed E-state index contributed by atoms with van der Waals surface area (Å²) in [6.45, 7) is 0.797. The van der Waals surface area contributed by atoms with Gasteiger partial charge in [0.2, 0.25) is 0 Å². The summed E-state index contributed by atoms with van der Waals surface area (Å²) in [6.07, 6.45) is 0.711. The Hall–Kier alpha value is -1.59. The molecule has 0 fully saturated rings. The maximum absolute atomic E-state index is 5.96. The minimum Gasteiger partial charge on any atom is -0.496 e. The Balaban J connectivity index is 2.30. The third kappa shape index (κ3) is 2.80. The molecule has 1 N–H and O–H groups in total. The second-order valence-electron chi connectivity index (χ2n) is 3.71. The molecule has 18 heavy (non-hydrogen) atoms. The van der Waals surface area contributed by atoms with Crippen molar-refractivity contribution in [2.75, 3.05) is 20.7 Å². The summed E-state index contributed by atoms with van der Waals surface area (Å²) < 4.78 is 10.5. The number of aromatic nitrogens is 2. The van der Waals surface area contributed by atoms with Gasteiger partial charge in [-0.15, -0.1) is 0 Å². The minimum atomic E-state index is 0.417. The molecule has 2 aromatic rings. The van der Waals surface area contributed by atoms with Crippen molar-refractivity contribution in [1.29, 1.82) is 0 Å². The number of nitrogens with zero attached hydrogens (tertiary/aromatic N) is 2. The topological polar surface area (TPSA) is 60.2 Å². The summed E-state index contributed by atoms with van der Waals surface area (Å²) in [7, 11) is 3.46. The number of halogens is 1. The van der Waals surface area contributed by atoms with Gasteiger partial charge in [-0.2, -0.15) is 4.98 Å². The number of nitrogens with one attached hydrogen (secondary N) is 1. The van der Waals surface area contributed by atoms with Crippen molar-refractivity contribution in [3.05, 3.63) is 29.0 Å². The first-order chi connectivity index (χ1) is 8.74. The van der Waals surface area contributed by atoms with Crippen LogP contribution in [0.3, 0.4) is 0 Å². The molecule has 2 rings (SSSR count). The van der Waals surface area contributed by atoms with Crippen LogP contribution in [0, 0.1) is 0 Å². The predicted octanol–water partition coefficient (Wildman–Crippen LogP) is 2.16. The highest BCUT2D eigenvalue weighted by Crippen LogP contribution is 2.31. The molecule has 1 aromatic heterocycles. The van der Waals surface area contributed by atoms with Crippen molar-refractivity contribution >= 4 is 11.6 Å². The Labute approximate surface area is 110 Å². The lowest BCUT2D eigenvalue weighted by atomic mass is 10.2. The molecule has 0 radical (unpaired) electrons. The lowest BCUT2D eigenvalue weighted by Crippen LogP contribution is -2.11. The van der Waals surface area contributed by atoms with Gasteiger partial charge < -0.3 is 14.6 Å². The van der Waals surface area contributed by atoms with Crippen molar-refractivity contribution in [2.45, 2.75) is 6.42 Å². The van der Waals surface area contributed by atoms with E-state index < -0.39 is 0 Å². The van der Waals surface area contributed by atoms with Gasteiger partial charge in [0.25, 0.3) is 5.89 Å². The van der Waals surface area contributed by atoms with Gasteiger partial charge in [-0.05, 0) is 25.2 Å². The highest BCUT2D eigenvalue weighted by atomic mass is 35.5. The molecule has 1 heterocycles. The molecule has 0 saturated heterocycles. The Bertz CT molecular complexity index is 528. The zero-order valence-corrected chi connectivity index (χ0v) is 11.0. The van der Waals surface area contributed by atoms with Gasteiger partial charge in [-0.3, -0.25) is 0 Å². The number of benzene rings is 1. The standard InChI is InChI=1S/C12H14ClN3O2/c1-14-6-5-11-15-12(18-16-11)9-7-8(13)3-4-10(9)17-2/h3-4,7,14H,5-6H2,1-2H3. The number of methoxy groups -OCH3 is 1. The van der Waals surface area contributed by atoms with Crippen LogP contribution in [0.25, 0.3) is 11.5 Å². The van der Waals surface area contributed by atoms with Crippen LogP contribution in [0.15, 0.2) is 22.7 Å². The van der Waals surface area contributed by atoms with Crippen molar-refractivity contribution in [1.82, 2.24) is 15.5 Å². The fourth-order valence-electron chi connectivity index (χ4n) is 1.55. The van der Waals surface area contributed by atoms with Gasteiger partial charge in [0.05, 0.1) is 12.7 Å². The first-order valence-corrected chi connectivity index (χ1v) is 5.93. The highest BCUT2D eigenvalue weighted by molar-refractivity contribution is 6.30. The van der Waals surface area contributed by atoms with Crippen LogP contribution in [-0.4, -0.2) is 30.8 Å². The zero-order chi connectivity index (χ0) is 13.0. The Morgan fingerprint density at radius 3 is 3.00 bits per heavy atom. The van der Waals surface area contributed by atoms with Crippen LogP contribution in [0.4, 0.5) is 0 Å². The summed E-state index contributed by atoms with van der Waals surface area (Å²) in [5.41, 5.74) is 0.702. The van der Waals surface area contributed by atoms with Gasteiger partial charge in [0.15, 0.2) is 5.82 Å². The summed E-state index contributed by atoms with van der Waals surface area (Å²) >= 11 is 5.96. The van der Waals surface area contributed by atoms with Crippen molar-refractivity contribution < 1.29 is 9.26 Å². The Morgan fingerprint density at radius 1 is 1.44 bits per heavy atom. The lowest BCUT2D eigenvalue weighted by molar-refractivity contribution is 0.402. The largest absolute Gasteiger partial charge is 0.496 e. The minimum absolute atomic E-state index is 0.417. The molecule has 0 aliphatic rings. The molecule has 6 heteroatoms. The SMILES string of the molecule is CNCCc1noc(-c2cc(Cl)ccc2OC)n1. The molecular weight excluding hydrogens is 254 g/mol. The van der Waals surface area contributed by atoms with Gasteiger partial charge in [0, 0.05) is 18.0 Å². The Morgan fingerprint density at radius 2 is 2.28 bits per heavy atom. The van der Waals surface area contributed by atoms with Gasteiger partial charge in [0.1, 0.15) is 5.75 Å². The zero-order valence-electron chi connectivity index (χ0n) is 10.2. The molecule has 0 saturated carbocycles. The summed E-state index contributed by atoms with van der Waals surface area (Å²) in [4.78, 5) is 4.31. The molecule has 0 aliphatic carbocycles. The summed E-state index contributed by atoms with van der Waals surface area (Å²) in [6, 6.07) is 5.27. The highest BCUT2D eigenvalue weighted by Gasteiger charge is 2.14. The average molecular weight is 268 g/mol. The van der Waals surface area contributed by atoms with E-state index in [9.17, 15) is 0 Å². The molecule has 0 aliphatic heterocycles. The normalized spacial score (nSPS) is 10.6. The van der Waals surface area contributed by atoms with E-state index in [-0.39, 0.29) is 0 Å². The van der Waals surface area contributed by atoms with Crippen LogP contribution in [0.5, 0.6) is 5.75 Å².